The van der Waals surface area contributed by atoms with Gasteiger partial charge < -0.3 is 15.2 Å². The highest BCUT2D eigenvalue weighted by atomic mass is 19.4. The van der Waals surface area contributed by atoms with Gasteiger partial charge in [0.05, 0.1) is 18.1 Å². The average molecular weight is 347 g/mol. The van der Waals surface area contributed by atoms with Crippen LogP contribution in [-0.2, 0) is 18.5 Å². The second kappa shape index (κ2) is 6.70. The van der Waals surface area contributed by atoms with E-state index in [0.717, 1.165) is 4.68 Å². The van der Waals surface area contributed by atoms with Gasteiger partial charge in [-0.05, 0) is 0 Å². The molecular formula is C12H12F3N5O4. The molecule has 0 bridgehead atoms. The van der Waals surface area contributed by atoms with Crippen LogP contribution in [0.5, 0.6) is 0 Å². The molecule has 2 heterocycles. The summed E-state index contributed by atoms with van der Waals surface area (Å²) in [6.45, 7) is -1.89. The standard InChI is InChI=1S/C12H12F3N5O4/c1-19-4-8(11(22)23)9(18-19)10(21)17-7-2-16-20(3-7)6-24-5-12(13,14)15/h2-4H,5-6H2,1H3,(H,17,21)(H,22,23). The number of hydrogen-bond acceptors (Lipinski definition) is 5. The van der Waals surface area contributed by atoms with Gasteiger partial charge in [0.1, 0.15) is 18.9 Å². The van der Waals surface area contributed by atoms with Crippen molar-refractivity contribution in [3.63, 3.8) is 0 Å². The van der Waals surface area contributed by atoms with E-state index in [4.69, 9.17) is 5.11 Å². The van der Waals surface area contributed by atoms with E-state index in [9.17, 15) is 22.8 Å². The summed E-state index contributed by atoms with van der Waals surface area (Å²) >= 11 is 0. The van der Waals surface area contributed by atoms with Crippen LogP contribution in [0.15, 0.2) is 18.6 Å². The number of ether oxygens (including phenoxy) is 1. The molecule has 2 N–H and O–H groups in total. The first-order valence-corrected chi connectivity index (χ1v) is 6.41. The molecule has 24 heavy (non-hydrogen) atoms. The van der Waals surface area contributed by atoms with Crippen LogP contribution in [0.1, 0.15) is 20.8 Å². The third-order valence-electron chi connectivity index (χ3n) is 2.65. The van der Waals surface area contributed by atoms with Gasteiger partial charge in [0.15, 0.2) is 5.69 Å². The van der Waals surface area contributed by atoms with Crippen LogP contribution in [0.25, 0.3) is 0 Å². The predicted molar refractivity (Wildman–Crippen MR) is 72.4 cm³/mol. The highest BCUT2D eigenvalue weighted by Crippen LogP contribution is 2.15. The van der Waals surface area contributed by atoms with Crippen LogP contribution < -0.4 is 5.32 Å². The molecule has 9 nitrogen and oxygen atoms in total. The Balaban J connectivity index is 1.99. The number of carbonyl (C=O) groups excluding carboxylic acids is 1. The number of rotatable bonds is 6. The Kier molecular flexibility index (Phi) is 4.87. The van der Waals surface area contributed by atoms with E-state index >= 15 is 0 Å². The Morgan fingerprint density at radius 2 is 2.08 bits per heavy atom. The van der Waals surface area contributed by atoms with E-state index in [2.05, 4.69) is 20.3 Å². The average Bonchev–Trinajstić information content (AvgIpc) is 3.04. The first kappa shape index (κ1) is 17.5. The van der Waals surface area contributed by atoms with Gasteiger partial charge in [-0.25, -0.2) is 9.48 Å². The largest absolute Gasteiger partial charge is 0.478 e. The number of aromatic carboxylic acids is 1. The highest BCUT2D eigenvalue weighted by molar-refractivity contribution is 6.09. The van der Waals surface area contributed by atoms with Crippen molar-refractivity contribution < 1.29 is 32.6 Å². The van der Waals surface area contributed by atoms with Gasteiger partial charge in [-0.15, -0.1) is 0 Å². The monoisotopic (exact) mass is 347 g/mol. The number of aryl methyl sites for hydroxylation is 1. The summed E-state index contributed by atoms with van der Waals surface area (Å²) in [6, 6.07) is 0. The van der Waals surface area contributed by atoms with Gasteiger partial charge in [0.2, 0.25) is 0 Å². The zero-order chi connectivity index (χ0) is 17.9. The molecule has 0 aliphatic rings. The van der Waals surface area contributed by atoms with E-state index in [1.807, 2.05) is 0 Å². The minimum Gasteiger partial charge on any atom is -0.478 e. The van der Waals surface area contributed by atoms with Crippen LogP contribution in [0, 0.1) is 0 Å². The molecule has 0 radical (unpaired) electrons. The van der Waals surface area contributed by atoms with Gasteiger partial charge in [0, 0.05) is 13.2 Å². The van der Waals surface area contributed by atoms with Gasteiger partial charge in [-0.2, -0.15) is 23.4 Å². The molecular weight excluding hydrogens is 335 g/mol. The molecule has 0 fully saturated rings. The summed E-state index contributed by atoms with van der Waals surface area (Å²) in [7, 11) is 1.46. The second-order valence-electron chi connectivity index (χ2n) is 4.69. The number of carboxylic acids is 1. The van der Waals surface area contributed by atoms with Crippen molar-refractivity contribution in [3.8, 4) is 0 Å². The van der Waals surface area contributed by atoms with E-state index < -0.39 is 31.4 Å². The molecule has 2 rings (SSSR count). The Morgan fingerprint density at radius 3 is 2.71 bits per heavy atom. The minimum absolute atomic E-state index is 0.151. The first-order valence-electron chi connectivity index (χ1n) is 6.41. The molecule has 0 aromatic carbocycles. The SMILES string of the molecule is Cn1cc(C(=O)O)c(C(=O)Nc2cnn(COCC(F)(F)F)c2)n1. The Labute approximate surface area is 132 Å². The fourth-order valence-corrected chi connectivity index (χ4v) is 1.76. The highest BCUT2D eigenvalue weighted by Gasteiger charge is 2.27. The van der Waals surface area contributed by atoms with Crippen molar-refractivity contribution in [2.24, 2.45) is 7.05 Å². The van der Waals surface area contributed by atoms with Crippen LogP contribution in [-0.4, -0.2) is 49.3 Å². The number of aromatic nitrogens is 4. The maximum absolute atomic E-state index is 12.0. The summed E-state index contributed by atoms with van der Waals surface area (Å²) in [4.78, 5) is 23.1. The maximum atomic E-state index is 12.0. The molecule has 0 saturated heterocycles. The van der Waals surface area contributed by atoms with E-state index in [1.165, 1.54) is 30.3 Å². The number of carbonyl (C=O) groups is 2. The summed E-state index contributed by atoms with van der Waals surface area (Å²) in [5.74, 6) is -2.10. The van der Waals surface area contributed by atoms with Crippen molar-refractivity contribution in [2.75, 3.05) is 11.9 Å². The molecule has 0 aliphatic carbocycles. The summed E-state index contributed by atoms with van der Waals surface area (Å²) in [5, 5.41) is 18.8. The van der Waals surface area contributed by atoms with Crippen LogP contribution >= 0.6 is 0 Å². The summed E-state index contributed by atoms with van der Waals surface area (Å²) in [6.07, 6.45) is -0.863. The quantitative estimate of drug-likeness (QED) is 0.810. The fourth-order valence-electron chi connectivity index (χ4n) is 1.76. The first-order chi connectivity index (χ1) is 11.2. The number of carboxylic acid groups (broad SMARTS) is 1. The smallest absolute Gasteiger partial charge is 0.411 e. The third kappa shape index (κ3) is 4.55. The molecule has 130 valence electrons. The summed E-state index contributed by atoms with van der Waals surface area (Å²) in [5.41, 5.74) is -0.431. The molecule has 2 aromatic rings. The van der Waals surface area contributed by atoms with Crippen molar-refractivity contribution in [1.29, 1.82) is 0 Å². The molecule has 0 aliphatic heterocycles. The van der Waals surface area contributed by atoms with Crippen molar-refractivity contribution in [3.05, 3.63) is 29.8 Å². The lowest BCUT2D eigenvalue weighted by Crippen LogP contribution is -2.18. The van der Waals surface area contributed by atoms with Gasteiger partial charge in [0.25, 0.3) is 5.91 Å². The van der Waals surface area contributed by atoms with Crippen molar-refractivity contribution in [2.45, 2.75) is 12.9 Å². The van der Waals surface area contributed by atoms with E-state index in [-0.39, 0.29) is 16.9 Å². The molecule has 12 heteroatoms. The number of anilines is 1. The molecule has 1 amide bonds. The number of nitrogens with zero attached hydrogens (tertiary/aromatic N) is 4. The van der Waals surface area contributed by atoms with Crippen molar-refractivity contribution in [1.82, 2.24) is 19.6 Å². The number of hydrogen-bond donors (Lipinski definition) is 2. The Bertz CT molecular complexity index is 752. The Hall–Kier alpha value is -2.89. The lowest BCUT2D eigenvalue weighted by atomic mass is 10.2. The summed E-state index contributed by atoms with van der Waals surface area (Å²) < 4.78 is 42.5. The fraction of sp³-hybridized carbons (Fsp3) is 0.333. The van der Waals surface area contributed by atoms with Gasteiger partial charge in [-0.1, -0.05) is 0 Å². The lowest BCUT2D eigenvalue weighted by molar-refractivity contribution is -0.182. The number of halogens is 3. The molecule has 0 spiro atoms. The predicted octanol–water partition coefficient (Wildman–Crippen LogP) is 1.10. The number of nitrogens with one attached hydrogen (secondary N) is 1. The normalized spacial score (nSPS) is 11.5. The zero-order valence-corrected chi connectivity index (χ0v) is 12.2. The van der Waals surface area contributed by atoms with Gasteiger partial charge in [-0.3, -0.25) is 9.48 Å². The molecule has 0 atom stereocenters. The third-order valence-corrected chi connectivity index (χ3v) is 2.65. The molecule has 0 saturated carbocycles. The minimum atomic E-state index is -4.45. The second-order valence-corrected chi connectivity index (χ2v) is 4.69. The van der Waals surface area contributed by atoms with Crippen LogP contribution in [0.2, 0.25) is 0 Å². The molecule has 2 aromatic heterocycles. The Morgan fingerprint density at radius 1 is 1.38 bits per heavy atom. The van der Waals surface area contributed by atoms with Crippen LogP contribution in [0.3, 0.4) is 0 Å². The topological polar surface area (TPSA) is 111 Å². The van der Waals surface area contributed by atoms with Crippen molar-refractivity contribution >= 4 is 17.6 Å². The van der Waals surface area contributed by atoms with Crippen LogP contribution in [0.4, 0.5) is 18.9 Å². The number of alkyl halides is 3. The van der Waals surface area contributed by atoms with Gasteiger partial charge >= 0.3 is 12.1 Å². The zero-order valence-electron chi connectivity index (χ0n) is 12.2. The lowest BCUT2D eigenvalue weighted by Gasteiger charge is -2.07. The van der Waals surface area contributed by atoms with E-state index in [0.29, 0.717) is 0 Å². The number of amides is 1. The van der Waals surface area contributed by atoms with E-state index in [1.54, 1.807) is 0 Å². The molecule has 0 unspecified atom stereocenters. The maximum Gasteiger partial charge on any atom is 0.411 e.